The number of nitrogens with one attached hydrogen (secondary N) is 1. The van der Waals surface area contributed by atoms with Crippen molar-refractivity contribution in [3.63, 3.8) is 0 Å². The van der Waals surface area contributed by atoms with Crippen molar-refractivity contribution in [3.8, 4) is 0 Å². The molecule has 0 aromatic carbocycles. The summed E-state index contributed by atoms with van der Waals surface area (Å²) < 4.78 is 0. The van der Waals surface area contributed by atoms with Crippen molar-refractivity contribution in [1.29, 1.82) is 0 Å². The first kappa shape index (κ1) is 13.0. The molecular weight excluding hydrogens is 224 g/mol. The monoisotopic (exact) mass is 240 g/mol. The molecule has 17 heavy (non-hydrogen) atoms. The number of hydrogen-bond acceptors (Lipinski definition) is 3. The Labute approximate surface area is 98.6 Å². The van der Waals surface area contributed by atoms with Crippen LogP contribution in [0.25, 0.3) is 0 Å². The molecule has 0 bridgehead atoms. The van der Waals surface area contributed by atoms with Gasteiger partial charge in [-0.1, -0.05) is 6.08 Å². The topological polar surface area (TPSA) is 131 Å². The zero-order valence-corrected chi connectivity index (χ0v) is 9.51. The third kappa shape index (κ3) is 3.78. The van der Waals surface area contributed by atoms with E-state index in [9.17, 15) is 9.59 Å². The lowest BCUT2D eigenvalue weighted by molar-refractivity contribution is -0.133. The molecule has 7 heteroatoms. The zero-order chi connectivity index (χ0) is 13.0. The van der Waals surface area contributed by atoms with Crippen LogP contribution in [0.1, 0.15) is 19.8 Å². The Morgan fingerprint density at radius 2 is 2.18 bits per heavy atom. The minimum absolute atomic E-state index is 0.114. The maximum atomic E-state index is 11.0. The van der Waals surface area contributed by atoms with Gasteiger partial charge in [0.05, 0.1) is 12.1 Å². The van der Waals surface area contributed by atoms with E-state index in [4.69, 9.17) is 16.6 Å². The molecule has 0 aliphatic heterocycles. The number of amides is 1. The van der Waals surface area contributed by atoms with E-state index < -0.39 is 12.0 Å². The Morgan fingerprint density at radius 1 is 1.53 bits per heavy atom. The van der Waals surface area contributed by atoms with E-state index in [1.807, 2.05) is 0 Å². The van der Waals surface area contributed by atoms with Gasteiger partial charge in [-0.05, 0) is 6.42 Å². The van der Waals surface area contributed by atoms with Gasteiger partial charge in [0.1, 0.15) is 0 Å². The van der Waals surface area contributed by atoms with Crippen LogP contribution in [0.2, 0.25) is 0 Å². The first-order valence-corrected chi connectivity index (χ1v) is 5.18. The Morgan fingerprint density at radius 3 is 2.65 bits per heavy atom. The molecule has 1 rings (SSSR count). The fourth-order valence-electron chi connectivity index (χ4n) is 1.80. The second-order valence-electron chi connectivity index (χ2n) is 3.90. The summed E-state index contributed by atoms with van der Waals surface area (Å²) in [5, 5.41) is 11.6. The van der Waals surface area contributed by atoms with Gasteiger partial charge in [-0.3, -0.25) is 4.79 Å². The summed E-state index contributed by atoms with van der Waals surface area (Å²) in [6.45, 7) is 1.39. The van der Waals surface area contributed by atoms with Gasteiger partial charge in [0, 0.05) is 18.9 Å². The van der Waals surface area contributed by atoms with E-state index in [1.165, 1.54) is 6.92 Å². The molecule has 0 aromatic rings. The van der Waals surface area contributed by atoms with Crippen LogP contribution in [0.4, 0.5) is 0 Å². The van der Waals surface area contributed by atoms with Crippen LogP contribution in [0.15, 0.2) is 16.6 Å². The van der Waals surface area contributed by atoms with Gasteiger partial charge >= 0.3 is 5.97 Å². The third-order valence-electron chi connectivity index (χ3n) is 2.49. The van der Waals surface area contributed by atoms with Crippen LogP contribution in [0, 0.1) is 0 Å². The highest BCUT2D eigenvalue weighted by atomic mass is 16.4. The maximum Gasteiger partial charge on any atom is 0.331 e. The fourth-order valence-corrected chi connectivity index (χ4v) is 1.80. The third-order valence-corrected chi connectivity index (χ3v) is 2.49. The van der Waals surface area contributed by atoms with Crippen molar-refractivity contribution in [1.82, 2.24) is 5.32 Å². The zero-order valence-electron chi connectivity index (χ0n) is 9.51. The standard InChI is InChI=1S/C10H16N4O3/c1-5(15)13-7-3-2-6(9(16)17)4-8(7)14-10(11)12/h2,7-8H,3-4H2,1H3,(H,13,15)(H,16,17)(H4,11,12,14)/t7-,8-/m0/s1. The van der Waals surface area contributed by atoms with Gasteiger partial charge in [0.2, 0.25) is 5.91 Å². The van der Waals surface area contributed by atoms with Crippen LogP contribution in [0.5, 0.6) is 0 Å². The number of nitrogens with two attached hydrogens (primary N) is 2. The molecule has 0 radical (unpaired) electrons. The lowest BCUT2D eigenvalue weighted by atomic mass is 9.90. The number of aliphatic carboxylic acids is 1. The van der Waals surface area contributed by atoms with E-state index in [-0.39, 0.29) is 29.9 Å². The fraction of sp³-hybridized carbons (Fsp3) is 0.500. The summed E-state index contributed by atoms with van der Waals surface area (Å²) in [7, 11) is 0. The Hall–Kier alpha value is -2.05. The van der Waals surface area contributed by atoms with Crippen LogP contribution in [-0.4, -0.2) is 35.0 Å². The number of nitrogens with zero attached hydrogens (tertiary/aromatic N) is 1. The molecule has 6 N–H and O–H groups in total. The number of carbonyl (C=O) groups excluding carboxylic acids is 1. The summed E-state index contributed by atoms with van der Waals surface area (Å²) in [5.41, 5.74) is 10.8. The summed E-state index contributed by atoms with van der Waals surface area (Å²) >= 11 is 0. The van der Waals surface area contributed by atoms with Crippen LogP contribution >= 0.6 is 0 Å². The highest BCUT2D eigenvalue weighted by Gasteiger charge is 2.28. The van der Waals surface area contributed by atoms with E-state index in [0.717, 1.165) is 0 Å². The van der Waals surface area contributed by atoms with E-state index in [2.05, 4.69) is 10.3 Å². The first-order chi connectivity index (χ1) is 7.90. The summed E-state index contributed by atoms with van der Waals surface area (Å²) in [6.07, 6.45) is 2.20. The number of carboxylic acids is 1. The largest absolute Gasteiger partial charge is 0.478 e. The second-order valence-corrected chi connectivity index (χ2v) is 3.90. The summed E-state index contributed by atoms with van der Waals surface area (Å²) in [5.74, 6) is -1.29. The number of aliphatic imine (C=N–C) groups is 1. The molecule has 0 spiro atoms. The van der Waals surface area contributed by atoms with Crippen molar-refractivity contribution >= 4 is 17.8 Å². The molecule has 0 aromatic heterocycles. The molecule has 0 unspecified atom stereocenters. The molecule has 7 nitrogen and oxygen atoms in total. The average molecular weight is 240 g/mol. The minimum Gasteiger partial charge on any atom is -0.478 e. The first-order valence-electron chi connectivity index (χ1n) is 5.18. The van der Waals surface area contributed by atoms with Crippen LogP contribution in [0.3, 0.4) is 0 Å². The highest BCUT2D eigenvalue weighted by molar-refractivity contribution is 5.87. The minimum atomic E-state index is -0.984. The van der Waals surface area contributed by atoms with E-state index in [0.29, 0.717) is 6.42 Å². The van der Waals surface area contributed by atoms with Crippen molar-refractivity contribution in [2.45, 2.75) is 31.8 Å². The van der Waals surface area contributed by atoms with Gasteiger partial charge < -0.3 is 21.9 Å². The van der Waals surface area contributed by atoms with Gasteiger partial charge in [0.15, 0.2) is 5.96 Å². The molecule has 1 aliphatic rings. The quantitative estimate of drug-likeness (QED) is 0.369. The Bertz CT molecular complexity index is 385. The van der Waals surface area contributed by atoms with E-state index >= 15 is 0 Å². The lowest BCUT2D eigenvalue weighted by Crippen LogP contribution is -2.45. The SMILES string of the molecule is CC(=O)N[C@H]1CC=C(C(=O)O)C[C@@H]1N=C(N)N. The molecule has 2 atom stereocenters. The molecule has 94 valence electrons. The molecule has 0 saturated heterocycles. The highest BCUT2D eigenvalue weighted by Crippen LogP contribution is 2.21. The molecule has 1 amide bonds. The number of rotatable bonds is 3. The van der Waals surface area contributed by atoms with Crippen LogP contribution in [-0.2, 0) is 9.59 Å². The van der Waals surface area contributed by atoms with Gasteiger partial charge in [0.25, 0.3) is 0 Å². The van der Waals surface area contributed by atoms with Crippen molar-refractivity contribution < 1.29 is 14.7 Å². The predicted molar refractivity (Wildman–Crippen MR) is 62.2 cm³/mol. The van der Waals surface area contributed by atoms with Crippen molar-refractivity contribution in [2.24, 2.45) is 16.5 Å². The van der Waals surface area contributed by atoms with Gasteiger partial charge in [-0.15, -0.1) is 0 Å². The van der Waals surface area contributed by atoms with Gasteiger partial charge in [-0.25, -0.2) is 9.79 Å². The predicted octanol–water partition coefficient (Wildman–Crippen LogP) is -1.06. The number of carbonyl (C=O) groups is 2. The normalized spacial score (nSPS) is 23.5. The Kier molecular flexibility index (Phi) is 4.08. The van der Waals surface area contributed by atoms with E-state index in [1.54, 1.807) is 6.08 Å². The summed E-state index contributed by atoms with van der Waals surface area (Å²) in [4.78, 5) is 25.8. The number of guanidine groups is 1. The number of carboxylic acid groups (broad SMARTS) is 1. The molecule has 1 aliphatic carbocycles. The smallest absolute Gasteiger partial charge is 0.331 e. The van der Waals surface area contributed by atoms with Crippen molar-refractivity contribution in [2.75, 3.05) is 0 Å². The number of hydrogen-bond donors (Lipinski definition) is 4. The molecule has 0 fully saturated rings. The molecular formula is C10H16N4O3. The maximum absolute atomic E-state index is 11.0. The average Bonchev–Trinajstić information content (AvgIpc) is 2.18. The lowest BCUT2D eigenvalue weighted by Gasteiger charge is -2.27. The van der Waals surface area contributed by atoms with Crippen LogP contribution < -0.4 is 16.8 Å². The Balaban J connectivity index is 2.86. The molecule has 0 saturated carbocycles. The summed E-state index contributed by atoms with van der Waals surface area (Å²) in [6, 6.07) is -0.697. The van der Waals surface area contributed by atoms with Crippen molar-refractivity contribution in [3.05, 3.63) is 11.6 Å². The second kappa shape index (κ2) is 5.33. The van der Waals surface area contributed by atoms with Gasteiger partial charge in [-0.2, -0.15) is 0 Å². The molecule has 0 heterocycles.